The van der Waals surface area contributed by atoms with Gasteiger partial charge in [0.05, 0.1) is 5.56 Å². The van der Waals surface area contributed by atoms with Crippen molar-refractivity contribution < 1.29 is 22.8 Å². The minimum Gasteiger partial charge on any atom is -0.350 e. The summed E-state index contributed by atoms with van der Waals surface area (Å²) in [5, 5.41) is 2.82. The lowest BCUT2D eigenvalue weighted by Crippen LogP contribution is -2.45. The Morgan fingerprint density at radius 1 is 1.04 bits per heavy atom. The summed E-state index contributed by atoms with van der Waals surface area (Å²) in [6.45, 7) is 0.766. The maximum atomic E-state index is 12.7. The third-order valence-corrected chi connectivity index (χ3v) is 4.59. The fourth-order valence-corrected chi connectivity index (χ4v) is 3.15. The molecule has 0 bridgehead atoms. The van der Waals surface area contributed by atoms with Gasteiger partial charge in [0.2, 0.25) is 5.91 Å². The van der Waals surface area contributed by atoms with E-state index in [1.807, 2.05) is 30.3 Å². The molecule has 0 unspecified atom stereocenters. The van der Waals surface area contributed by atoms with Crippen molar-refractivity contribution in [1.29, 1.82) is 0 Å². The van der Waals surface area contributed by atoms with Gasteiger partial charge in [-0.3, -0.25) is 9.59 Å². The van der Waals surface area contributed by atoms with Crippen LogP contribution in [0.1, 0.15) is 34.3 Å². The number of alkyl halides is 3. The van der Waals surface area contributed by atoms with Gasteiger partial charge in [-0.05, 0) is 42.7 Å². The fraction of sp³-hybridized carbons (Fsp3) is 0.300. The van der Waals surface area contributed by atoms with E-state index in [2.05, 4.69) is 5.32 Å². The van der Waals surface area contributed by atoms with Crippen molar-refractivity contribution in [3.05, 3.63) is 71.3 Å². The molecule has 0 radical (unpaired) electrons. The molecule has 1 heterocycles. The second-order valence-electron chi connectivity index (χ2n) is 6.44. The van der Waals surface area contributed by atoms with Gasteiger partial charge in [-0.25, -0.2) is 0 Å². The molecule has 1 aliphatic heterocycles. The molecule has 1 fully saturated rings. The number of carbonyl (C=O) groups excluding carboxylic acids is 2. The summed E-state index contributed by atoms with van der Waals surface area (Å²) in [7, 11) is 0. The summed E-state index contributed by atoms with van der Waals surface area (Å²) in [6, 6.07) is 12.9. The van der Waals surface area contributed by atoms with E-state index < -0.39 is 23.7 Å². The van der Waals surface area contributed by atoms with Crippen LogP contribution in [0.3, 0.4) is 0 Å². The maximum Gasteiger partial charge on any atom is 0.416 e. The molecule has 0 aromatic heterocycles. The molecule has 0 aliphatic carbocycles. The Labute approximate surface area is 155 Å². The lowest BCUT2D eigenvalue weighted by molar-refractivity contribution is -0.137. The molecule has 1 saturated heterocycles. The van der Waals surface area contributed by atoms with Crippen molar-refractivity contribution in [2.75, 3.05) is 6.54 Å². The average Bonchev–Trinajstić information content (AvgIpc) is 3.15. The van der Waals surface area contributed by atoms with Crippen LogP contribution >= 0.6 is 0 Å². The molecule has 3 rings (SSSR count). The zero-order valence-electron chi connectivity index (χ0n) is 14.5. The van der Waals surface area contributed by atoms with E-state index in [9.17, 15) is 22.8 Å². The number of likely N-dealkylation sites (tertiary alicyclic amines) is 1. The summed E-state index contributed by atoms with van der Waals surface area (Å²) >= 11 is 0. The number of nitrogens with one attached hydrogen (secondary N) is 1. The zero-order valence-corrected chi connectivity index (χ0v) is 14.5. The monoisotopic (exact) mass is 376 g/mol. The minimum atomic E-state index is -4.45. The molecule has 142 valence electrons. The Morgan fingerprint density at radius 2 is 1.70 bits per heavy atom. The van der Waals surface area contributed by atoms with E-state index in [-0.39, 0.29) is 11.5 Å². The van der Waals surface area contributed by atoms with Gasteiger partial charge in [-0.1, -0.05) is 30.3 Å². The highest BCUT2D eigenvalue weighted by Gasteiger charge is 2.35. The van der Waals surface area contributed by atoms with E-state index in [1.54, 1.807) is 0 Å². The number of halogens is 3. The Balaban J connectivity index is 1.66. The highest BCUT2D eigenvalue weighted by atomic mass is 19.4. The summed E-state index contributed by atoms with van der Waals surface area (Å²) in [5.41, 5.74) is 0.285. The molecule has 0 saturated carbocycles. The number of hydrogen-bond acceptors (Lipinski definition) is 2. The SMILES string of the molecule is O=C(NCc1ccccc1)[C@@H]1CCCN1C(=O)c1ccc(C(F)(F)F)cc1. The highest BCUT2D eigenvalue weighted by Crippen LogP contribution is 2.29. The topological polar surface area (TPSA) is 49.4 Å². The van der Waals surface area contributed by atoms with Crippen LogP contribution in [0.25, 0.3) is 0 Å². The molecule has 7 heteroatoms. The molecule has 1 N–H and O–H groups in total. The van der Waals surface area contributed by atoms with E-state index in [0.717, 1.165) is 29.8 Å². The molecule has 2 aromatic carbocycles. The first-order chi connectivity index (χ1) is 12.9. The standard InChI is InChI=1S/C20H19F3N2O2/c21-20(22,23)16-10-8-15(9-11-16)19(27)25-12-4-7-17(25)18(26)24-13-14-5-2-1-3-6-14/h1-3,5-6,8-11,17H,4,7,12-13H2,(H,24,26)/t17-/m0/s1. The first-order valence-electron chi connectivity index (χ1n) is 8.66. The smallest absolute Gasteiger partial charge is 0.350 e. The number of nitrogens with zero attached hydrogens (tertiary/aromatic N) is 1. The van der Waals surface area contributed by atoms with Crippen molar-refractivity contribution in [1.82, 2.24) is 10.2 Å². The van der Waals surface area contributed by atoms with Crippen molar-refractivity contribution in [3.8, 4) is 0 Å². The van der Waals surface area contributed by atoms with Crippen LogP contribution in [0.15, 0.2) is 54.6 Å². The molecule has 1 aliphatic rings. The predicted octanol–water partition coefficient (Wildman–Crippen LogP) is 3.63. The van der Waals surface area contributed by atoms with Gasteiger partial charge in [0.25, 0.3) is 5.91 Å². The third-order valence-electron chi connectivity index (χ3n) is 4.59. The fourth-order valence-electron chi connectivity index (χ4n) is 3.15. The summed E-state index contributed by atoms with van der Waals surface area (Å²) in [6.07, 6.45) is -3.24. The third kappa shape index (κ3) is 4.48. The maximum absolute atomic E-state index is 12.7. The Hall–Kier alpha value is -2.83. The van der Waals surface area contributed by atoms with Crippen LogP contribution in [-0.2, 0) is 17.5 Å². The van der Waals surface area contributed by atoms with Crippen molar-refractivity contribution in [3.63, 3.8) is 0 Å². The van der Waals surface area contributed by atoms with E-state index in [1.165, 1.54) is 4.90 Å². The van der Waals surface area contributed by atoms with Crippen LogP contribution in [0.5, 0.6) is 0 Å². The number of hydrogen-bond donors (Lipinski definition) is 1. The highest BCUT2D eigenvalue weighted by molar-refractivity contribution is 5.98. The largest absolute Gasteiger partial charge is 0.416 e. The Morgan fingerprint density at radius 3 is 2.33 bits per heavy atom. The van der Waals surface area contributed by atoms with Crippen molar-refractivity contribution in [2.24, 2.45) is 0 Å². The van der Waals surface area contributed by atoms with E-state index >= 15 is 0 Å². The quantitative estimate of drug-likeness (QED) is 0.886. The van der Waals surface area contributed by atoms with Gasteiger partial charge in [-0.15, -0.1) is 0 Å². The average molecular weight is 376 g/mol. The van der Waals surface area contributed by atoms with E-state index in [0.29, 0.717) is 25.9 Å². The van der Waals surface area contributed by atoms with Crippen LogP contribution in [0.2, 0.25) is 0 Å². The van der Waals surface area contributed by atoms with Gasteiger partial charge in [-0.2, -0.15) is 13.2 Å². The van der Waals surface area contributed by atoms with Gasteiger partial charge in [0, 0.05) is 18.7 Å². The lowest BCUT2D eigenvalue weighted by atomic mass is 10.1. The first-order valence-corrected chi connectivity index (χ1v) is 8.66. The van der Waals surface area contributed by atoms with Crippen molar-refractivity contribution >= 4 is 11.8 Å². The lowest BCUT2D eigenvalue weighted by Gasteiger charge is -2.24. The predicted molar refractivity (Wildman–Crippen MR) is 93.8 cm³/mol. The second kappa shape index (κ2) is 7.82. The number of carbonyl (C=O) groups is 2. The van der Waals surface area contributed by atoms with Crippen LogP contribution in [-0.4, -0.2) is 29.3 Å². The molecule has 2 amide bonds. The molecule has 4 nitrogen and oxygen atoms in total. The van der Waals surface area contributed by atoms with Gasteiger partial charge < -0.3 is 10.2 Å². The van der Waals surface area contributed by atoms with Crippen LogP contribution in [0.4, 0.5) is 13.2 Å². The van der Waals surface area contributed by atoms with E-state index in [4.69, 9.17) is 0 Å². The molecular formula is C20H19F3N2O2. The minimum absolute atomic E-state index is 0.144. The zero-order chi connectivity index (χ0) is 19.4. The van der Waals surface area contributed by atoms with Crippen LogP contribution < -0.4 is 5.32 Å². The van der Waals surface area contributed by atoms with Gasteiger partial charge >= 0.3 is 6.18 Å². The van der Waals surface area contributed by atoms with Crippen molar-refractivity contribution in [2.45, 2.75) is 31.6 Å². The molecule has 2 aromatic rings. The summed E-state index contributed by atoms with van der Waals surface area (Å²) in [4.78, 5) is 26.6. The summed E-state index contributed by atoms with van der Waals surface area (Å²) in [5.74, 6) is -0.683. The number of rotatable bonds is 4. The Kier molecular flexibility index (Phi) is 5.48. The second-order valence-corrected chi connectivity index (χ2v) is 6.44. The number of amides is 2. The molecule has 27 heavy (non-hydrogen) atoms. The van der Waals surface area contributed by atoms with Gasteiger partial charge in [0.15, 0.2) is 0 Å². The van der Waals surface area contributed by atoms with Crippen LogP contribution in [0, 0.1) is 0 Å². The number of benzene rings is 2. The molecular weight excluding hydrogens is 357 g/mol. The summed E-state index contributed by atoms with van der Waals surface area (Å²) < 4.78 is 38.0. The van der Waals surface area contributed by atoms with Gasteiger partial charge in [0.1, 0.15) is 6.04 Å². The normalized spacial score (nSPS) is 17.0. The molecule has 0 spiro atoms. The molecule has 1 atom stereocenters. The Bertz CT molecular complexity index is 804. The first kappa shape index (κ1) is 18.9.